The molecule has 1 saturated heterocycles. The van der Waals surface area contributed by atoms with E-state index in [2.05, 4.69) is 11.9 Å². The van der Waals surface area contributed by atoms with Gasteiger partial charge in [-0.25, -0.2) is 0 Å². The Morgan fingerprint density at radius 1 is 1.35 bits per heavy atom. The summed E-state index contributed by atoms with van der Waals surface area (Å²) in [6.07, 6.45) is 2.69. The molecule has 2 aromatic carbocycles. The van der Waals surface area contributed by atoms with Gasteiger partial charge in [-0.05, 0) is 56.5 Å². The molecule has 1 spiro atoms. The van der Waals surface area contributed by atoms with E-state index >= 15 is 0 Å². The molecule has 7 heteroatoms. The van der Waals surface area contributed by atoms with Crippen molar-refractivity contribution in [2.75, 3.05) is 13.6 Å². The Labute approximate surface area is 192 Å². The number of phenols is 1. The van der Waals surface area contributed by atoms with Gasteiger partial charge < -0.3 is 19.5 Å². The minimum absolute atomic E-state index is 0. The van der Waals surface area contributed by atoms with Gasteiger partial charge in [0.2, 0.25) is 0 Å². The Bertz CT molecular complexity index is 1070. The second-order valence-electron chi connectivity index (χ2n) is 9.15. The van der Waals surface area contributed by atoms with Crippen LogP contribution < -0.4 is 9.47 Å². The Hall–Kier alpha value is -1.95. The molecule has 5 nitrogen and oxygen atoms in total. The Balaban J connectivity index is 0.00000204. The molecule has 4 atom stereocenters. The van der Waals surface area contributed by atoms with Gasteiger partial charge in [0.05, 0.1) is 0 Å². The molecule has 2 heterocycles. The Morgan fingerprint density at radius 3 is 3.00 bits per heavy atom. The molecular formula is C24H25Cl2NO4. The topological polar surface area (TPSA) is 59.0 Å². The summed E-state index contributed by atoms with van der Waals surface area (Å²) in [6.45, 7) is 1.30. The van der Waals surface area contributed by atoms with Crippen LogP contribution in [0.2, 0.25) is 5.02 Å². The number of hydrogen-bond donors (Lipinski definition) is 1. The van der Waals surface area contributed by atoms with Gasteiger partial charge in [-0.15, -0.1) is 12.4 Å². The predicted molar refractivity (Wildman–Crippen MR) is 120 cm³/mol. The fraction of sp³-hybridized carbons (Fsp3) is 0.458. The first kappa shape index (κ1) is 20.9. The van der Waals surface area contributed by atoms with Gasteiger partial charge in [-0.2, -0.15) is 0 Å². The second-order valence-corrected chi connectivity index (χ2v) is 9.58. The number of piperidine rings is 1. The fourth-order valence-electron chi connectivity index (χ4n) is 6.49. The zero-order valence-electron chi connectivity index (χ0n) is 17.3. The fourth-order valence-corrected chi connectivity index (χ4v) is 6.70. The number of ether oxygens (including phenoxy) is 2. The van der Waals surface area contributed by atoms with Gasteiger partial charge in [0.1, 0.15) is 12.4 Å². The van der Waals surface area contributed by atoms with Gasteiger partial charge in [-0.3, -0.25) is 4.79 Å². The number of nitrogens with zero attached hydrogens (tertiary/aromatic N) is 1. The van der Waals surface area contributed by atoms with Crippen molar-refractivity contribution in [1.29, 1.82) is 0 Å². The number of rotatable bonds is 3. The molecule has 164 valence electrons. The van der Waals surface area contributed by atoms with Gasteiger partial charge in [-0.1, -0.05) is 23.7 Å². The maximum atomic E-state index is 12.9. The van der Waals surface area contributed by atoms with E-state index in [1.165, 1.54) is 0 Å². The highest BCUT2D eigenvalue weighted by atomic mass is 35.5. The summed E-state index contributed by atoms with van der Waals surface area (Å²) in [5.41, 5.74) is 2.77. The molecule has 0 radical (unpaired) electrons. The largest absolute Gasteiger partial charge is 0.504 e. The number of ketones is 1. The van der Waals surface area contributed by atoms with Crippen molar-refractivity contribution in [3.05, 3.63) is 52.0 Å². The SMILES string of the molecule is CN1CC[C@]23c4c5c(OCc6cccc(Cl)c6)cc(O)c4O[C@H]2C(=O)CC[C@H]3[C@H]1C5.Cl. The first-order chi connectivity index (χ1) is 14.5. The number of likely N-dealkylation sites (N-methyl/N-ethyl adjacent to an activating group) is 1. The molecule has 1 saturated carbocycles. The monoisotopic (exact) mass is 461 g/mol. The molecule has 31 heavy (non-hydrogen) atoms. The highest BCUT2D eigenvalue weighted by Crippen LogP contribution is 2.64. The van der Waals surface area contributed by atoms with E-state index in [0.29, 0.717) is 41.5 Å². The van der Waals surface area contributed by atoms with Crippen LogP contribution in [0.4, 0.5) is 0 Å². The first-order valence-electron chi connectivity index (χ1n) is 10.6. The van der Waals surface area contributed by atoms with E-state index in [9.17, 15) is 9.90 Å². The van der Waals surface area contributed by atoms with Crippen molar-refractivity contribution in [2.45, 2.75) is 49.9 Å². The van der Waals surface area contributed by atoms with Crippen molar-refractivity contribution < 1.29 is 19.4 Å². The molecule has 0 aromatic heterocycles. The molecular weight excluding hydrogens is 437 g/mol. The van der Waals surface area contributed by atoms with E-state index in [1.807, 2.05) is 24.3 Å². The van der Waals surface area contributed by atoms with Gasteiger partial charge in [0, 0.05) is 40.1 Å². The van der Waals surface area contributed by atoms with Crippen LogP contribution in [-0.2, 0) is 23.2 Å². The van der Waals surface area contributed by atoms with Gasteiger partial charge in [0.15, 0.2) is 23.4 Å². The van der Waals surface area contributed by atoms with Gasteiger partial charge >= 0.3 is 0 Å². The normalized spacial score (nSPS) is 30.3. The maximum Gasteiger partial charge on any atom is 0.174 e. The zero-order chi connectivity index (χ0) is 20.6. The third-order valence-electron chi connectivity index (χ3n) is 7.76. The molecule has 0 unspecified atom stereocenters. The van der Waals surface area contributed by atoms with Gasteiger partial charge in [0.25, 0.3) is 0 Å². The average Bonchev–Trinajstić information content (AvgIpc) is 3.08. The molecule has 2 aliphatic heterocycles. The number of carbonyl (C=O) groups excluding carboxylic acids is 1. The lowest BCUT2D eigenvalue weighted by Gasteiger charge is -2.57. The molecule has 6 rings (SSSR count). The molecule has 4 aliphatic rings. The molecule has 2 fully saturated rings. The van der Waals surface area contributed by atoms with Crippen LogP contribution in [0, 0.1) is 5.92 Å². The number of halogens is 2. The molecule has 2 bridgehead atoms. The summed E-state index contributed by atoms with van der Waals surface area (Å²) in [7, 11) is 2.18. The van der Waals surface area contributed by atoms with Crippen LogP contribution in [0.25, 0.3) is 0 Å². The minimum atomic E-state index is -0.476. The number of hydrogen-bond acceptors (Lipinski definition) is 5. The van der Waals surface area contributed by atoms with Crippen LogP contribution in [-0.4, -0.2) is 41.5 Å². The van der Waals surface area contributed by atoms with Crippen molar-refractivity contribution in [3.8, 4) is 17.2 Å². The second kappa shape index (κ2) is 7.29. The van der Waals surface area contributed by atoms with Crippen molar-refractivity contribution in [3.63, 3.8) is 0 Å². The van der Waals surface area contributed by atoms with Crippen molar-refractivity contribution in [1.82, 2.24) is 4.90 Å². The molecule has 2 aliphatic carbocycles. The number of aromatic hydroxyl groups is 1. The van der Waals surface area contributed by atoms with Crippen molar-refractivity contribution in [2.24, 2.45) is 5.92 Å². The van der Waals surface area contributed by atoms with Crippen LogP contribution in [0.1, 0.15) is 36.0 Å². The zero-order valence-corrected chi connectivity index (χ0v) is 18.8. The summed E-state index contributed by atoms with van der Waals surface area (Å²) in [4.78, 5) is 15.3. The summed E-state index contributed by atoms with van der Waals surface area (Å²) in [6, 6.07) is 9.61. The summed E-state index contributed by atoms with van der Waals surface area (Å²) in [5, 5.41) is 11.5. The number of Topliss-reactive ketones (excluding diaryl/α,β-unsaturated/α-hetero) is 1. The number of phenolic OH excluding ortho intramolecular Hbond substituents is 1. The number of carbonyl (C=O) groups is 1. The Morgan fingerprint density at radius 2 is 2.19 bits per heavy atom. The molecule has 0 amide bonds. The van der Waals surface area contributed by atoms with E-state index in [1.54, 1.807) is 6.07 Å². The number of benzene rings is 2. The first-order valence-corrected chi connectivity index (χ1v) is 11.0. The minimum Gasteiger partial charge on any atom is -0.504 e. The van der Waals surface area contributed by atoms with Crippen LogP contribution in [0.15, 0.2) is 30.3 Å². The standard InChI is InChI=1S/C24H24ClNO4.ClH/c1-26-8-7-24-16-5-6-18(27)23(24)30-22-19(28)11-20(15(21(22)24)10-17(16)26)29-12-13-3-2-4-14(25)9-13;/h2-4,9,11,16-17,23,28H,5-8,10,12H2,1H3;1H/t16-,17+,23-,24-;/m0./s1. The summed E-state index contributed by atoms with van der Waals surface area (Å²) >= 11 is 6.11. The highest BCUT2D eigenvalue weighted by molar-refractivity contribution is 6.30. The summed E-state index contributed by atoms with van der Waals surface area (Å²) < 4.78 is 12.4. The lowest BCUT2D eigenvalue weighted by molar-refractivity contribution is -0.138. The van der Waals surface area contributed by atoms with E-state index in [4.69, 9.17) is 21.1 Å². The third kappa shape index (κ3) is 2.83. The smallest absolute Gasteiger partial charge is 0.174 e. The lowest BCUT2D eigenvalue weighted by Crippen LogP contribution is -2.65. The summed E-state index contributed by atoms with van der Waals surface area (Å²) in [5.74, 6) is 1.80. The van der Waals surface area contributed by atoms with E-state index in [-0.39, 0.29) is 29.4 Å². The van der Waals surface area contributed by atoms with E-state index < -0.39 is 6.10 Å². The quantitative estimate of drug-likeness (QED) is 0.738. The molecule has 1 N–H and O–H groups in total. The lowest BCUT2D eigenvalue weighted by atomic mass is 9.51. The average molecular weight is 462 g/mol. The van der Waals surface area contributed by atoms with Crippen LogP contribution in [0.3, 0.4) is 0 Å². The van der Waals surface area contributed by atoms with Crippen LogP contribution in [0.5, 0.6) is 17.2 Å². The third-order valence-corrected chi connectivity index (χ3v) is 7.99. The predicted octanol–water partition coefficient (Wildman–Crippen LogP) is 4.28. The highest BCUT2D eigenvalue weighted by Gasteiger charge is 2.66. The maximum absolute atomic E-state index is 12.9. The molecule has 2 aromatic rings. The van der Waals surface area contributed by atoms with Crippen LogP contribution >= 0.6 is 24.0 Å². The number of likely N-dealkylation sites (tertiary alicyclic amines) is 1. The Kier molecular flexibility index (Phi) is 4.92. The van der Waals surface area contributed by atoms with Crippen molar-refractivity contribution >= 4 is 29.8 Å². The van der Waals surface area contributed by atoms with E-state index in [0.717, 1.165) is 42.5 Å².